The van der Waals surface area contributed by atoms with Gasteiger partial charge in [-0.25, -0.2) is 4.79 Å². The smallest absolute Gasteiger partial charge is 0.356 e. The molecule has 2 aliphatic heterocycles. The molecule has 140 valence electrons. The number of hydrogen-bond acceptors (Lipinski definition) is 6. The third-order valence-electron chi connectivity index (χ3n) is 4.68. The Morgan fingerprint density at radius 1 is 1.31 bits per heavy atom. The third-order valence-corrected chi connectivity index (χ3v) is 5.95. The van der Waals surface area contributed by atoms with E-state index in [1.54, 1.807) is 19.1 Å². The predicted molar refractivity (Wildman–Crippen MR) is 89.2 cm³/mol. The molecule has 0 spiro atoms. The number of nitrogens with zero attached hydrogens (tertiary/aromatic N) is 1. The fourth-order valence-corrected chi connectivity index (χ4v) is 4.39. The Bertz CT molecular complexity index is 886. The van der Waals surface area contributed by atoms with E-state index in [2.05, 4.69) is 0 Å². The van der Waals surface area contributed by atoms with Crippen molar-refractivity contribution < 1.29 is 32.4 Å². The van der Waals surface area contributed by atoms with Crippen LogP contribution in [0.4, 0.5) is 0 Å². The summed E-state index contributed by atoms with van der Waals surface area (Å²) in [7, 11) is -4.22. The molecule has 0 saturated carbocycles. The minimum Gasteiger partial charge on any atom is -0.476 e. The molecule has 3 rings (SSSR count). The van der Waals surface area contributed by atoms with Crippen LogP contribution in [0.2, 0.25) is 0 Å². The number of allylic oxidation sites excluding steroid dienone is 1. The van der Waals surface area contributed by atoms with Gasteiger partial charge in [0, 0.05) is 6.42 Å². The molecule has 8 nitrogen and oxygen atoms in total. The summed E-state index contributed by atoms with van der Waals surface area (Å²) in [6, 6.07) is 5.48. The van der Waals surface area contributed by atoms with Crippen molar-refractivity contribution in [3.05, 3.63) is 41.3 Å². The average Bonchev–Trinajstić information content (AvgIpc) is 2.54. The fourth-order valence-electron chi connectivity index (χ4n) is 3.40. The summed E-state index contributed by atoms with van der Waals surface area (Å²) in [6.07, 6.45) is -0.543. The van der Waals surface area contributed by atoms with E-state index in [1.165, 1.54) is 19.1 Å². The molecule has 2 N–H and O–H groups in total. The van der Waals surface area contributed by atoms with Gasteiger partial charge in [-0.05, 0) is 32.4 Å². The van der Waals surface area contributed by atoms with Gasteiger partial charge in [-0.2, -0.15) is 8.42 Å². The van der Waals surface area contributed by atoms with Crippen LogP contribution in [-0.2, 0) is 23.9 Å². The number of aliphatic carboxylic acids is 1. The molecule has 26 heavy (non-hydrogen) atoms. The van der Waals surface area contributed by atoms with Gasteiger partial charge in [0.15, 0.2) is 11.5 Å². The Balaban J connectivity index is 1.94. The highest BCUT2D eigenvalue weighted by molar-refractivity contribution is 7.86. The Hall–Kier alpha value is -2.39. The van der Waals surface area contributed by atoms with Crippen molar-refractivity contribution in [3.8, 4) is 0 Å². The van der Waals surface area contributed by atoms with Crippen LogP contribution in [0.5, 0.6) is 0 Å². The Morgan fingerprint density at radius 3 is 2.46 bits per heavy atom. The number of amides is 1. The van der Waals surface area contributed by atoms with Crippen molar-refractivity contribution in [1.29, 1.82) is 0 Å². The lowest BCUT2D eigenvalue weighted by Gasteiger charge is -2.50. The quantitative estimate of drug-likeness (QED) is 0.576. The van der Waals surface area contributed by atoms with Gasteiger partial charge in [-0.15, -0.1) is 0 Å². The normalized spacial score (nSPS) is 24.0. The molecule has 1 saturated heterocycles. The first-order chi connectivity index (χ1) is 12.1. The fraction of sp³-hybridized carbons (Fsp3) is 0.412. The number of fused-ring (bicyclic) bond motifs is 1. The van der Waals surface area contributed by atoms with Gasteiger partial charge in [-0.3, -0.25) is 9.69 Å². The van der Waals surface area contributed by atoms with Crippen LogP contribution in [-0.4, -0.2) is 47.6 Å². The summed E-state index contributed by atoms with van der Waals surface area (Å²) < 4.78 is 30.0. The van der Waals surface area contributed by atoms with Gasteiger partial charge in [-0.1, -0.05) is 17.7 Å². The zero-order valence-electron chi connectivity index (χ0n) is 14.2. The predicted octanol–water partition coefficient (Wildman–Crippen LogP) is 0.998. The molecule has 1 unspecified atom stereocenters. The summed E-state index contributed by atoms with van der Waals surface area (Å²) in [5.74, 6) is -2.94. The molecule has 0 aliphatic carbocycles. The molecule has 2 heterocycles. The molecule has 1 aromatic carbocycles. The lowest BCUT2D eigenvalue weighted by Crippen LogP contribution is -2.65. The topological polar surface area (TPSA) is 121 Å². The van der Waals surface area contributed by atoms with E-state index < -0.39 is 45.8 Å². The molecule has 2 aliphatic rings. The number of carboxylic acids is 1. The number of carbonyl (C=O) groups excluding carboxylic acids is 1. The summed E-state index contributed by atoms with van der Waals surface area (Å²) in [6.45, 7) is 3.27. The van der Waals surface area contributed by atoms with Gasteiger partial charge in [0.2, 0.25) is 5.91 Å². The third kappa shape index (κ3) is 2.97. The highest BCUT2D eigenvalue weighted by Gasteiger charge is 2.55. The van der Waals surface area contributed by atoms with Crippen LogP contribution in [0.1, 0.15) is 25.3 Å². The zero-order valence-corrected chi connectivity index (χ0v) is 15.1. The second-order valence-electron chi connectivity index (χ2n) is 6.51. The maximum Gasteiger partial charge on any atom is 0.356 e. The monoisotopic (exact) mass is 381 g/mol. The van der Waals surface area contributed by atoms with Crippen molar-refractivity contribution >= 4 is 22.0 Å². The van der Waals surface area contributed by atoms with Gasteiger partial charge >= 0.3 is 16.1 Å². The molecule has 3 atom stereocenters. The molecule has 9 heteroatoms. The molecular formula is C17H19NO7S. The first kappa shape index (κ1) is 18.4. The first-order valence-electron chi connectivity index (χ1n) is 8.12. The van der Waals surface area contributed by atoms with E-state index in [-0.39, 0.29) is 17.1 Å². The summed E-state index contributed by atoms with van der Waals surface area (Å²) in [4.78, 5) is 24.8. The lowest BCUT2D eigenvalue weighted by molar-refractivity contribution is -0.165. The zero-order chi connectivity index (χ0) is 19.2. The molecule has 1 amide bonds. The van der Waals surface area contributed by atoms with Crippen molar-refractivity contribution in [1.82, 2.24) is 4.90 Å². The van der Waals surface area contributed by atoms with Crippen LogP contribution in [0.3, 0.4) is 0 Å². The van der Waals surface area contributed by atoms with E-state index >= 15 is 0 Å². The summed E-state index contributed by atoms with van der Waals surface area (Å²) >= 11 is 0. The summed E-state index contributed by atoms with van der Waals surface area (Å²) in [5, 5.41) is 19.2. The standard InChI is InChI=1S/C17H19NO7S/c1-9-3-5-11(6-4-9)26(23,24)25-13-8-7-12-14(10(2)19)16(20)18(12)15(13)17(21)22/h3-6,10,12,14,19H,7-8H2,1-2H3,(H,21,22)/t10-,12?,14-/m1/s1. The van der Waals surface area contributed by atoms with Crippen molar-refractivity contribution in [3.63, 3.8) is 0 Å². The second-order valence-corrected chi connectivity index (χ2v) is 8.05. The Kier molecular flexibility index (Phi) is 4.53. The molecule has 0 bridgehead atoms. The van der Waals surface area contributed by atoms with Crippen molar-refractivity contribution in [2.24, 2.45) is 5.92 Å². The molecule has 0 aromatic heterocycles. The van der Waals surface area contributed by atoms with E-state index in [1.807, 2.05) is 0 Å². The van der Waals surface area contributed by atoms with Gasteiger partial charge in [0.05, 0.1) is 18.1 Å². The van der Waals surface area contributed by atoms with E-state index in [9.17, 15) is 28.2 Å². The van der Waals surface area contributed by atoms with Crippen LogP contribution in [0.25, 0.3) is 0 Å². The largest absolute Gasteiger partial charge is 0.476 e. The molecule has 1 aromatic rings. The number of aryl methyl sites for hydroxylation is 1. The maximum atomic E-state index is 12.4. The van der Waals surface area contributed by atoms with Crippen LogP contribution in [0, 0.1) is 12.8 Å². The minimum atomic E-state index is -4.22. The van der Waals surface area contributed by atoms with E-state index in [0.717, 1.165) is 10.5 Å². The number of aliphatic hydroxyl groups is 1. The Labute approximate surface area is 150 Å². The van der Waals surface area contributed by atoms with E-state index in [0.29, 0.717) is 6.42 Å². The number of hydrogen-bond donors (Lipinski definition) is 2. The number of rotatable bonds is 5. The number of aliphatic hydroxyl groups excluding tert-OH is 1. The Morgan fingerprint density at radius 2 is 1.92 bits per heavy atom. The second kappa shape index (κ2) is 6.40. The molecular weight excluding hydrogens is 362 g/mol. The first-order valence-corrected chi connectivity index (χ1v) is 9.53. The molecule has 0 radical (unpaired) electrons. The van der Waals surface area contributed by atoms with Gasteiger partial charge in [0.1, 0.15) is 4.90 Å². The number of carbonyl (C=O) groups is 2. The number of benzene rings is 1. The number of carboxylic acid groups (broad SMARTS) is 1. The van der Waals surface area contributed by atoms with Crippen LogP contribution >= 0.6 is 0 Å². The van der Waals surface area contributed by atoms with Crippen molar-refractivity contribution in [2.75, 3.05) is 0 Å². The maximum absolute atomic E-state index is 12.4. The van der Waals surface area contributed by atoms with Gasteiger partial charge in [0.25, 0.3) is 0 Å². The van der Waals surface area contributed by atoms with Crippen LogP contribution < -0.4 is 0 Å². The van der Waals surface area contributed by atoms with Gasteiger partial charge < -0.3 is 14.4 Å². The summed E-state index contributed by atoms with van der Waals surface area (Å²) in [5.41, 5.74) is 0.393. The average molecular weight is 381 g/mol. The SMILES string of the molecule is Cc1ccc(S(=O)(=O)OC2=C(C(=O)O)N3C(=O)[C@H]([C@@H](C)O)C3CC2)cc1. The lowest BCUT2D eigenvalue weighted by atomic mass is 9.78. The van der Waals surface area contributed by atoms with Crippen molar-refractivity contribution in [2.45, 2.75) is 43.7 Å². The van der Waals surface area contributed by atoms with E-state index in [4.69, 9.17) is 4.18 Å². The van der Waals surface area contributed by atoms with Crippen LogP contribution in [0.15, 0.2) is 40.6 Å². The highest BCUT2D eigenvalue weighted by atomic mass is 32.2. The number of β-lactam (4-membered cyclic amide) rings is 1. The molecule has 1 fully saturated rings. The minimum absolute atomic E-state index is 0.0460. The highest BCUT2D eigenvalue weighted by Crippen LogP contribution is 2.42.